The van der Waals surface area contributed by atoms with Gasteiger partial charge in [0.1, 0.15) is 5.78 Å². The summed E-state index contributed by atoms with van der Waals surface area (Å²) >= 11 is 0. The second-order valence-corrected chi connectivity index (χ2v) is 5.99. The van der Waals surface area contributed by atoms with Crippen molar-refractivity contribution in [2.24, 2.45) is 17.1 Å². The van der Waals surface area contributed by atoms with E-state index in [0.29, 0.717) is 5.41 Å². The van der Waals surface area contributed by atoms with Crippen LogP contribution in [0.2, 0.25) is 0 Å². The third-order valence-corrected chi connectivity index (χ3v) is 4.21. The molecular formula is C15H31NO. The first-order valence-electron chi connectivity index (χ1n) is 7.10. The van der Waals surface area contributed by atoms with Gasteiger partial charge in [-0.2, -0.15) is 0 Å². The predicted molar refractivity (Wildman–Crippen MR) is 75.0 cm³/mol. The number of nitrogens with two attached hydrogens (primary N) is 1. The first-order chi connectivity index (χ1) is 7.84. The average Bonchev–Trinajstić information content (AvgIpc) is 2.28. The summed E-state index contributed by atoms with van der Waals surface area (Å²) in [5.41, 5.74) is 6.19. The summed E-state index contributed by atoms with van der Waals surface area (Å²) in [6, 6.07) is -0.250. The highest BCUT2D eigenvalue weighted by Crippen LogP contribution is 2.36. The van der Waals surface area contributed by atoms with Gasteiger partial charge in [0.25, 0.3) is 0 Å². The molecule has 0 saturated carbocycles. The number of rotatable bonds is 9. The predicted octanol–water partition coefficient (Wildman–Crippen LogP) is 3.93. The van der Waals surface area contributed by atoms with Gasteiger partial charge in [0.05, 0.1) is 6.04 Å². The van der Waals surface area contributed by atoms with E-state index in [1.54, 1.807) is 6.92 Å². The smallest absolute Gasteiger partial charge is 0.146 e. The largest absolute Gasteiger partial charge is 0.322 e. The normalized spacial score (nSPS) is 18.5. The minimum atomic E-state index is -0.250. The SMILES string of the molecule is CC[C@H](C)CC(C)(CC)CCCC(N)C(C)=O. The molecule has 17 heavy (non-hydrogen) atoms. The van der Waals surface area contributed by atoms with Crippen LogP contribution in [-0.2, 0) is 4.79 Å². The Morgan fingerprint density at radius 2 is 1.94 bits per heavy atom. The molecule has 0 rings (SSSR count). The van der Waals surface area contributed by atoms with Crippen molar-refractivity contribution < 1.29 is 4.79 Å². The zero-order valence-electron chi connectivity index (χ0n) is 12.4. The summed E-state index contributed by atoms with van der Waals surface area (Å²) in [5.74, 6) is 0.909. The van der Waals surface area contributed by atoms with Gasteiger partial charge < -0.3 is 5.73 Å². The van der Waals surface area contributed by atoms with Crippen LogP contribution < -0.4 is 5.73 Å². The molecule has 0 aromatic heterocycles. The fourth-order valence-corrected chi connectivity index (χ4v) is 2.36. The number of ketones is 1. The van der Waals surface area contributed by atoms with Crippen LogP contribution in [0.3, 0.4) is 0 Å². The Bertz CT molecular complexity index is 227. The second-order valence-electron chi connectivity index (χ2n) is 5.99. The standard InChI is InChI=1S/C15H31NO/c1-6-12(3)11-15(5,7-2)10-8-9-14(16)13(4)17/h12,14H,6-11,16H2,1-5H3/t12-,14?,15?/m0/s1. The molecule has 0 aromatic carbocycles. The fraction of sp³-hybridized carbons (Fsp3) is 0.933. The molecule has 0 spiro atoms. The van der Waals surface area contributed by atoms with Crippen LogP contribution in [0, 0.1) is 11.3 Å². The van der Waals surface area contributed by atoms with Crippen molar-refractivity contribution in [3.8, 4) is 0 Å². The monoisotopic (exact) mass is 241 g/mol. The summed E-state index contributed by atoms with van der Waals surface area (Å²) in [6.45, 7) is 10.8. The van der Waals surface area contributed by atoms with E-state index in [4.69, 9.17) is 5.73 Å². The van der Waals surface area contributed by atoms with Crippen LogP contribution in [0.1, 0.15) is 73.1 Å². The van der Waals surface area contributed by atoms with Gasteiger partial charge >= 0.3 is 0 Å². The van der Waals surface area contributed by atoms with Crippen LogP contribution >= 0.6 is 0 Å². The minimum Gasteiger partial charge on any atom is -0.322 e. The topological polar surface area (TPSA) is 43.1 Å². The summed E-state index contributed by atoms with van der Waals surface area (Å²) in [4.78, 5) is 11.1. The van der Waals surface area contributed by atoms with Crippen LogP contribution in [0.5, 0.6) is 0 Å². The van der Waals surface area contributed by atoms with Gasteiger partial charge in [-0.3, -0.25) is 4.79 Å². The number of carbonyl (C=O) groups is 1. The van der Waals surface area contributed by atoms with E-state index in [2.05, 4.69) is 27.7 Å². The molecule has 3 atom stereocenters. The maximum Gasteiger partial charge on any atom is 0.146 e. The Labute approximate surface area is 107 Å². The summed E-state index contributed by atoms with van der Waals surface area (Å²) in [7, 11) is 0. The Hall–Kier alpha value is -0.370. The molecule has 102 valence electrons. The van der Waals surface area contributed by atoms with E-state index in [0.717, 1.165) is 18.8 Å². The number of carbonyl (C=O) groups excluding carboxylic acids is 1. The van der Waals surface area contributed by atoms with Crippen molar-refractivity contribution in [2.45, 2.75) is 79.2 Å². The summed E-state index contributed by atoms with van der Waals surface area (Å²) in [6.07, 6.45) is 6.85. The Morgan fingerprint density at radius 3 is 2.35 bits per heavy atom. The summed E-state index contributed by atoms with van der Waals surface area (Å²) in [5, 5.41) is 0. The number of hydrogen-bond donors (Lipinski definition) is 1. The van der Waals surface area contributed by atoms with E-state index >= 15 is 0 Å². The fourth-order valence-electron chi connectivity index (χ4n) is 2.36. The quantitative estimate of drug-likeness (QED) is 0.664. The highest BCUT2D eigenvalue weighted by molar-refractivity contribution is 5.80. The van der Waals surface area contributed by atoms with Crippen LogP contribution in [0.15, 0.2) is 0 Å². The van der Waals surface area contributed by atoms with Crippen molar-refractivity contribution in [2.75, 3.05) is 0 Å². The molecule has 0 bridgehead atoms. The Morgan fingerprint density at radius 1 is 1.35 bits per heavy atom. The zero-order chi connectivity index (χ0) is 13.5. The zero-order valence-corrected chi connectivity index (χ0v) is 12.4. The Kier molecular flexibility index (Phi) is 7.69. The summed E-state index contributed by atoms with van der Waals surface area (Å²) < 4.78 is 0. The van der Waals surface area contributed by atoms with E-state index < -0.39 is 0 Å². The molecule has 0 aliphatic rings. The van der Waals surface area contributed by atoms with Crippen LogP contribution in [-0.4, -0.2) is 11.8 Å². The molecule has 2 nitrogen and oxygen atoms in total. The van der Waals surface area contributed by atoms with E-state index in [9.17, 15) is 4.79 Å². The van der Waals surface area contributed by atoms with Gasteiger partial charge in [-0.15, -0.1) is 0 Å². The molecule has 2 unspecified atom stereocenters. The van der Waals surface area contributed by atoms with Gasteiger partial charge in [0.15, 0.2) is 0 Å². The van der Waals surface area contributed by atoms with Crippen molar-refractivity contribution in [1.29, 1.82) is 0 Å². The lowest BCUT2D eigenvalue weighted by Gasteiger charge is -2.31. The molecular weight excluding hydrogens is 210 g/mol. The van der Waals surface area contributed by atoms with E-state index in [1.807, 2.05) is 0 Å². The molecule has 0 aliphatic carbocycles. The first-order valence-corrected chi connectivity index (χ1v) is 7.10. The molecule has 0 fully saturated rings. The Balaban J connectivity index is 4.07. The molecule has 0 heterocycles. The highest BCUT2D eigenvalue weighted by Gasteiger charge is 2.24. The van der Waals surface area contributed by atoms with Gasteiger partial charge in [-0.1, -0.05) is 47.0 Å². The molecule has 2 heteroatoms. The molecule has 0 aliphatic heterocycles. The number of Topliss-reactive ketones (excluding diaryl/α,β-unsaturated/α-hetero) is 1. The highest BCUT2D eigenvalue weighted by atomic mass is 16.1. The first kappa shape index (κ1) is 16.6. The van der Waals surface area contributed by atoms with Crippen molar-refractivity contribution in [3.63, 3.8) is 0 Å². The van der Waals surface area contributed by atoms with Crippen molar-refractivity contribution >= 4 is 5.78 Å². The maximum atomic E-state index is 11.1. The van der Waals surface area contributed by atoms with Gasteiger partial charge in [0.2, 0.25) is 0 Å². The molecule has 0 amide bonds. The lowest BCUT2D eigenvalue weighted by atomic mass is 9.75. The van der Waals surface area contributed by atoms with Crippen LogP contribution in [0.25, 0.3) is 0 Å². The molecule has 2 N–H and O–H groups in total. The van der Waals surface area contributed by atoms with Crippen molar-refractivity contribution in [3.05, 3.63) is 0 Å². The lowest BCUT2D eigenvalue weighted by Crippen LogP contribution is -2.28. The van der Waals surface area contributed by atoms with E-state index in [1.165, 1.54) is 25.7 Å². The van der Waals surface area contributed by atoms with Crippen LogP contribution in [0.4, 0.5) is 0 Å². The van der Waals surface area contributed by atoms with Gasteiger partial charge in [-0.05, 0) is 37.5 Å². The number of hydrogen-bond acceptors (Lipinski definition) is 2. The van der Waals surface area contributed by atoms with Gasteiger partial charge in [-0.25, -0.2) is 0 Å². The lowest BCUT2D eigenvalue weighted by molar-refractivity contribution is -0.118. The minimum absolute atomic E-state index is 0.116. The molecule has 0 saturated heterocycles. The third kappa shape index (κ3) is 6.82. The van der Waals surface area contributed by atoms with Gasteiger partial charge in [0, 0.05) is 0 Å². The van der Waals surface area contributed by atoms with E-state index in [-0.39, 0.29) is 11.8 Å². The molecule has 0 radical (unpaired) electrons. The molecule has 0 aromatic rings. The third-order valence-electron chi connectivity index (χ3n) is 4.21. The van der Waals surface area contributed by atoms with Crippen molar-refractivity contribution in [1.82, 2.24) is 0 Å². The maximum absolute atomic E-state index is 11.1. The average molecular weight is 241 g/mol. The second kappa shape index (κ2) is 7.86.